The minimum Gasteiger partial charge on any atom is -0.481 e. The van der Waals surface area contributed by atoms with E-state index in [1.54, 1.807) is 0 Å². The van der Waals surface area contributed by atoms with Crippen molar-refractivity contribution >= 4 is 18.0 Å². The maximum absolute atomic E-state index is 12.4. The Morgan fingerprint density at radius 1 is 1.00 bits per heavy atom. The van der Waals surface area contributed by atoms with E-state index in [4.69, 9.17) is 9.84 Å². The largest absolute Gasteiger partial charge is 0.481 e. The number of hydrogen-bond donors (Lipinski definition) is 3. The molecule has 186 valence electrons. The molecule has 7 heteroatoms. The van der Waals surface area contributed by atoms with Crippen molar-refractivity contribution in [3.8, 4) is 11.1 Å². The van der Waals surface area contributed by atoms with E-state index in [2.05, 4.69) is 34.9 Å². The van der Waals surface area contributed by atoms with Gasteiger partial charge in [0.2, 0.25) is 5.91 Å². The normalized spacial score (nSPS) is 19.1. The summed E-state index contributed by atoms with van der Waals surface area (Å²) in [5.74, 6) is -0.163. The zero-order chi connectivity index (χ0) is 24.8. The first-order valence-corrected chi connectivity index (χ1v) is 12.5. The Kier molecular flexibility index (Phi) is 8.06. The van der Waals surface area contributed by atoms with Gasteiger partial charge in [-0.15, -0.1) is 0 Å². The molecule has 1 fully saturated rings. The molecule has 3 N–H and O–H groups in total. The second kappa shape index (κ2) is 11.4. The molecule has 4 rings (SSSR count). The standard InChI is InChI=1S/C28H34N2O5/c1-2-20(11-12-27(32)33)30-26(31)15-18-13-19(14-18)16-29-28(34)35-17-25-23-9-5-3-7-21(23)22-8-4-6-10-24(22)25/h3-10,18-20,25H,2,11-17H2,1H3,(H,29,34)(H,30,31)(H,32,33). The fraction of sp³-hybridized carbons (Fsp3) is 0.464. The van der Waals surface area contributed by atoms with Gasteiger partial charge in [0.1, 0.15) is 6.61 Å². The summed E-state index contributed by atoms with van der Waals surface area (Å²) >= 11 is 0. The van der Waals surface area contributed by atoms with E-state index in [1.807, 2.05) is 31.2 Å². The molecule has 2 aliphatic carbocycles. The Morgan fingerprint density at radius 3 is 2.23 bits per heavy atom. The monoisotopic (exact) mass is 478 g/mol. The van der Waals surface area contributed by atoms with Crippen molar-refractivity contribution in [1.82, 2.24) is 10.6 Å². The molecule has 0 radical (unpaired) electrons. The fourth-order valence-electron chi connectivity index (χ4n) is 5.31. The predicted octanol–water partition coefficient (Wildman–Crippen LogP) is 4.70. The van der Waals surface area contributed by atoms with Crippen LogP contribution in [0, 0.1) is 11.8 Å². The number of nitrogens with one attached hydrogen (secondary N) is 2. The number of fused-ring (bicyclic) bond motifs is 3. The van der Waals surface area contributed by atoms with Gasteiger partial charge in [-0.05, 0) is 59.8 Å². The van der Waals surface area contributed by atoms with Gasteiger partial charge >= 0.3 is 12.1 Å². The van der Waals surface area contributed by atoms with Crippen molar-refractivity contribution in [2.45, 2.75) is 57.4 Å². The topological polar surface area (TPSA) is 105 Å². The fourth-order valence-corrected chi connectivity index (χ4v) is 5.31. The number of rotatable bonds is 11. The minimum absolute atomic E-state index is 0.0183. The molecule has 35 heavy (non-hydrogen) atoms. The Morgan fingerprint density at radius 2 is 1.63 bits per heavy atom. The summed E-state index contributed by atoms with van der Waals surface area (Å²) in [4.78, 5) is 35.4. The third kappa shape index (κ3) is 6.21. The summed E-state index contributed by atoms with van der Waals surface area (Å²) in [5, 5.41) is 14.7. The third-order valence-corrected chi connectivity index (χ3v) is 7.25. The highest BCUT2D eigenvalue weighted by molar-refractivity contribution is 5.79. The van der Waals surface area contributed by atoms with Crippen molar-refractivity contribution in [3.05, 3.63) is 59.7 Å². The van der Waals surface area contributed by atoms with Gasteiger partial charge in [-0.3, -0.25) is 9.59 Å². The van der Waals surface area contributed by atoms with E-state index in [-0.39, 0.29) is 24.3 Å². The molecular weight excluding hydrogens is 444 g/mol. The maximum Gasteiger partial charge on any atom is 0.407 e. The van der Waals surface area contributed by atoms with Crippen molar-refractivity contribution in [3.63, 3.8) is 0 Å². The lowest BCUT2D eigenvalue weighted by molar-refractivity contribution is -0.137. The lowest BCUT2D eigenvalue weighted by Crippen LogP contribution is -2.40. The van der Waals surface area contributed by atoms with Crippen LogP contribution < -0.4 is 10.6 Å². The Bertz CT molecular complexity index is 1020. The predicted molar refractivity (Wildman–Crippen MR) is 133 cm³/mol. The molecule has 2 aromatic rings. The molecule has 1 saturated carbocycles. The molecule has 2 aromatic carbocycles. The third-order valence-electron chi connectivity index (χ3n) is 7.25. The van der Waals surface area contributed by atoms with E-state index < -0.39 is 12.1 Å². The van der Waals surface area contributed by atoms with Crippen molar-refractivity contribution in [2.24, 2.45) is 11.8 Å². The van der Waals surface area contributed by atoms with Gasteiger partial charge < -0.3 is 20.5 Å². The number of aliphatic carboxylic acids is 1. The molecule has 0 aliphatic heterocycles. The van der Waals surface area contributed by atoms with Crippen LogP contribution >= 0.6 is 0 Å². The average Bonchev–Trinajstić information content (AvgIpc) is 3.15. The molecule has 1 atom stereocenters. The van der Waals surface area contributed by atoms with Crippen LogP contribution in [0.1, 0.15) is 62.5 Å². The second-order valence-electron chi connectivity index (χ2n) is 9.72. The quantitative estimate of drug-likeness (QED) is 0.434. The van der Waals surface area contributed by atoms with E-state index >= 15 is 0 Å². The van der Waals surface area contributed by atoms with Crippen molar-refractivity contribution in [2.75, 3.05) is 13.2 Å². The molecule has 0 spiro atoms. The highest BCUT2D eigenvalue weighted by Gasteiger charge is 2.32. The number of amides is 2. The lowest BCUT2D eigenvalue weighted by Gasteiger charge is -2.35. The number of carboxylic acids is 1. The molecule has 7 nitrogen and oxygen atoms in total. The lowest BCUT2D eigenvalue weighted by atomic mass is 9.73. The second-order valence-corrected chi connectivity index (χ2v) is 9.72. The number of benzene rings is 2. The summed E-state index contributed by atoms with van der Waals surface area (Å²) < 4.78 is 5.59. The average molecular weight is 479 g/mol. The van der Waals surface area contributed by atoms with Crippen LogP contribution in [0.4, 0.5) is 4.79 Å². The molecule has 0 bridgehead atoms. The summed E-state index contributed by atoms with van der Waals surface area (Å²) in [5.41, 5.74) is 4.78. The van der Waals surface area contributed by atoms with E-state index in [9.17, 15) is 14.4 Å². The molecule has 2 amide bonds. The summed E-state index contributed by atoms with van der Waals surface area (Å²) in [6.45, 7) is 2.79. The number of ether oxygens (including phenoxy) is 1. The summed E-state index contributed by atoms with van der Waals surface area (Å²) in [7, 11) is 0. The highest BCUT2D eigenvalue weighted by Crippen LogP contribution is 2.44. The van der Waals surface area contributed by atoms with Crippen LogP contribution in [0.3, 0.4) is 0 Å². The SMILES string of the molecule is CCC(CCC(=O)O)NC(=O)CC1CC(CNC(=O)OCC2c3ccccc3-c3ccccc32)C1. The van der Waals surface area contributed by atoms with Gasteiger partial charge in [-0.1, -0.05) is 55.5 Å². The molecular formula is C28H34N2O5. The number of carboxylic acid groups (broad SMARTS) is 1. The first-order valence-electron chi connectivity index (χ1n) is 12.5. The number of carbonyl (C=O) groups excluding carboxylic acids is 2. The molecule has 1 unspecified atom stereocenters. The zero-order valence-corrected chi connectivity index (χ0v) is 20.2. The zero-order valence-electron chi connectivity index (χ0n) is 20.2. The Labute approximate surface area is 206 Å². The van der Waals surface area contributed by atoms with Crippen LogP contribution in [-0.2, 0) is 14.3 Å². The van der Waals surface area contributed by atoms with E-state index in [0.717, 1.165) is 19.3 Å². The van der Waals surface area contributed by atoms with Crippen LogP contribution in [-0.4, -0.2) is 42.3 Å². The van der Waals surface area contributed by atoms with Crippen LogP contribution in [0.15, 0.2) is 48.5 Å². The van der Waals surface area contributed by atoms with Crippen molar-refractivity contribution in [1.29, 1.82) is 0 Å². The smallest absolute Gasteiger partial charge is 0.407 e. The van der Waals surface area contributed by atoms with Crippen LogP contribution in [0.25, 0.3) is 11.1 Å². The van der Waals surface area contributed by atoms with Gasteiger partial charge in [0.15, 0.2) is 0 Å². The number of alkyl carbamates (subject to hydrolysis) is 1. The maximum atomic E-state index is 12.4. The minimum atomic E-state index is -0.844. The van der Waals surface area contributed by atoms with Gasteiger partial charge in [0, 0.05) is 31.3 Å². The van der Waals surface area contributed by atoms with Crippen LogP contribution in [0.5, 0.6) is 0 Å². The summed E-state index contributed by atoms with van der Waals surface area (Å²) in [6, 6.07) is 16.4. The number of hydrogen-bond acceptors (Lipinski definition) is 4. The van der Waals surface area contributed by atoms with E-state index in [1.165, 1.54) is 22.3 Å². The first-order chi connectivity index (χ1) is 16.9. The Balaban J connectivity index is 1.15. The summed E-state index contributed by atoms with van der Waals surface area (Å²) in [6.07, 6.45) is 3.06. The molecule has 0 saturated heterocycles. The van der Waals surface area contributed by atoms with Gasteiger partial charge in [0.05, 0.1) is 0 Å². The first kappa shape index (κ1) is 24.8. The highest BCUT2D eigenvalue weighted by atomic mass is 16.5. The number of carbonyl (C=O) groups is 3. The van der Waals surface area contributed by atoms with Crippen LogP contribution in [0.2, 0.25) is 0 Å². The molecule has 2 aliphatic rings. The molecule has 0 heterocycles. The van der Waals surface area contributed by atoms with E-state index in [0.29, 0.717) is 37.8 Å². The van der Waals surface area contributed by atoms with Gasteiger partial charge in [0.25, 0.3) is 0 Å². The van der Waals surface area contributed by atoms with Crippen molar-refractivity contribution < 1.29 is 24.2 Å². The Hall–Kier alpha value is -3.35. The van der Waals surface area contributed by atoms with Gasteiger partial charge in [-0.2, -0.15) is 0 Å². The van der Waals surface area contributed by atoms with Gasteiger partial charge in [-0.25, -0.2) is 4.79 Å². The molecule has 0 aromatic heterocycles.